The zero-order valence-corrected chi connectivity index (χ0v) is 17.7. The van der Waals surface area contributed by atoms with E-state index in [2.05, 4.69) is 21.6 Å². The van der Waals surface area contributed by atoms with Gasteiger partial charge in [-0.3, -0.25) is 0 Å². The summed E-state index contributed by atoms with van der Waals surface area (Å²) in [5.74, 6) is 1.25. The molecule has 0 atom stereocenters. The Labute approximate surface area is 185 Å². The summed E-state index contributed by atoms with van der Waals surface area (Å²) in [5.41, 5.74) is 3.31. The Morgan fingerprint density at radius 1 is 1.00 bits per heavy atom. The summed E-state index contributed by atoms with van der Waals surface area (Å²) < 4.78 is 5.20. The van der Waals surface area contributed by atoms with Crippen LogP contribution in [0.15, 0.2) is 66.7 Å². The van der Waals surface area contributed by atoms with Crippen molar-refractivity contribution < 1.29 is 4.74 Å². The van der Waals surface area contributed by atoms with Crippen LogP contribution in [-0.2, 0) is 6.54 Å². The molecule has 0 saturated heterocycles. The monoisotopic (exact) mass is 436 g/mol. The van der Waals surface area contributed by atoms with Crippen molar-refractivity contribution in [2.75, 3.05) is 12.4 Å². The average molecular weight is 437 g/mol. The summed E-state index contributed by atoms with van der Waals surface area (Å²) in [7, 11) is 1.59. The first-order valence-corrected chi connectivity index (χ1v) is 9.39. The van der Waals surface area contributed by atoms with E-state index in [1.54, 1.807) is 13.2 Å². The SMILES string of the molecule is COc1ccc(CNc2nnc(-c3ccccc3)c3ccc(C#N)cc23)cc1Cl.Cl. The molecule has 1 heterocycles. The normalized spacial score (nSPS) is 10.2. The van der Waals surface area contributed by atoms with Gasteiger partial charge in [0.15, 0.2) is 5.82 Å². The summed E-state index contributed by atoms with van der Waals surface area (Å²) in [6, 6.07) is 23.2. The van der Waals surface area contributed by atoms with Gasteiger partial charge in [0.2, 0.25) is 0 Å². The zero-order chi connectivity index (χ0) is 20.2. The van der Waals surface area contributed by atoms with Gasteiger partial charge in [-0.15, -0.1) is 22.6 Å². The number of hydrogen-bond donors (Lipinski definition) is 1. The van der Waals surface area contributed by atoms with Crippen molar-refractivity contribution in [3.8, 4) is 23.1 Å². The second-order valence-electron chi connectivity index (χ2n) is 6.46. The van der Waals surface area contributed by atoms with Gasteiger partial charge >= 0.3 is 0 Å². The molecule has 0 unspecified atom stereocenters. The lowest BCUT2D eigenvalue weighted by Gasteiger charge is -2.12. The zero-order valence-electron chi connectivity index (χ0n) is 16.1. The summed E-state index contributed by atoms with van der Waals surface area (Å²) in [6.45, 7) is 0.509. The minimum atomic E-state index is 0. The van der Waals surface area contributed by atoms with Crippen molar-refractivity contribution >= 4 is 40.6 Å². The molecule has 1 N–H and O–H groups in total. The van der Waals surface area contributed by atoms with Crippen LogP contribution in [0.4, 0.5) is 5.82 Å². The number of methoxy groups -OCH3 is 1. The van der Waals surface area contributed by atoms with Crippen molar-refractivity contribution in [2.24, 2.45) is 0 Å². The van der Waals surface area contributed by atoms with Gasteiger partial charge in [0.1, 0.15) is 11.4 Å². The van der Waals surface area contributed by atoms with Crippen molar-refractivity contribution in [3.05, 3.63) is 82.9 Å². The van der Waals surface area contributed by atoms with Crippen LogP contribution >= 0.6 is 24.0 Å². The highest BCUT2D eigenvalue weighted by Crippen LogP contribution is 2.31. The number of nitriles is 1. The molecule has 0 bridgehead atoms. The number of aromatic nitrogens is 2. The van der Waals surface area contributed by atoms with Gasteiger partial charge in [0, 0.05) is 22.9 Å². The summed E-state index contributed by atoms with van der Waals surface area (Å²) in [5, 5.41) is 23.8. The van der Waals surface area contributed by atoms with Crippen LogP contribution < -0.4 is 10.1 Å². The second-order valence-corrected chi connectivity index (χ2v) is 6.87. The predicted molar refractivity (Wildman–Crippen MR) is 122 cm³/mol. The maximum atomic E-state index is 9.33. The molecule has 0 aliphatic rings. The van der Waals surface area contributed by atoms with Crippen LogP contribution in [0.3, 0.4) is 0 Å². The van der Waals surface area contributed by atoms with E-state index in [0.29, 0.717) is 28.7 Å². The van der Waals surface area contributed by atoms with Crippen LogP contribution in [0, 0.1) is 11.3 Å². The summed E-state index contributed by atoms with van der Waals surface area (Å²) >= 11 is 6.22. The molecular weight excluding hydrogens is 419 g/mol. The number of halogens is 2. The fourth-order valence-electron chi connectivity index (χ4n) is 3.17. The molecule has 0 spiro atoms. The van der Waals surface area contributed by atoms with E-state index >= 15 is 0 Å². The van der Waals surface area contributed by atoms with Crippen LogP contribution in [0.25, 0.3) is 22.0 Å². The Bertz CT molecular complexity index is 1220. The molecule has 150 valence electrons. The number of anilines is 1. The summed E-state index contributed by atoms with van der Waals surface area (Å²) in [6.07, 6.45) is 0. The molecule has 1 aromatic heterocycles. The van der Waals surface area contributed by atoms with E-state index in [0.717, 1.165) is 27.6 Å². The lowest BCUT2D eigenvalue weighted by Crippen LogP contribution is -2.04. The molecule has 30 heavy (non-hydrogen) atoms. The van der Waals surface area contributed by atoms with Crippen molar-refractivity contribution in [1.29, 1.82) is 5.26 Å². The van der Waals surface area contributed by atoms with E-state index < -0.39 is 0 Å². The van der Waals surface area contributed by atoms with Crippen molar-refractivity contribution in [1.82, 2.24) is 10.2 Å². The molecule has 7 heteroatoms. The molecule has 0 radical (unpaired) electrons. The Hall–Kier alpha value is -3.33. The van der Waals surface area contributed by atoms with Crippen LogP contribution in [0.5, 0.6) is 5.75 Å². The van der Waals surface area contributed by atoms with Crippen LogP contribution in [0.1, 0.15) is 11.1 Å². The lowest BCUT2D eigenvalue weighted by atomic mass is 10.0. The number of nitrogens with one attached hydrogen (secondary N) is 1. The van der Waals surface area contributed by atoms with Gasteiger partial charge in [-0.25, -0.2) is 0 Å². The third-order valence-corrected chi connectivity index (χ3v) is 4.93. The fourth-order valence-corrected chi connectivity index (χ4v) is 3.45. The smallest absolute Gasteiger partial charge is 0.156 e. The lowest BCUT2D eigenvalue weighted by molar-refractivity contribution is 0.415. The standard InChI is InChI=1S/C23H17ClN4O.ClH/c1-29-21-10-8-16(12-20(21)24)14-26-23-19-11-15(13-25)7-9-18(19)22(27-28-23)17-5-3-2-4-6-17;/h2-12H,14H2,1H3,(H,26,28);1H. The molecule has 4 rings (SSSR count). The number of benzene rings is 3. The molecule has 0 aliphatic heterocycles. The Morgan fingerprint density at radius 2 is 1.80 bits per heavy atom. The van der Waals surface area contributed by atoms with Gasteiger partial charge in [-0.2, -0.15) is 5.26 Å². The number of fused-ring (bicyclic) bond motifs is 1. The van der Waals surface area contributed by atoms with E-state index in [9.17, 15) is 5.26 Å². The third kappa shape index (κ3) is 4.30. The van der Waals surface area contributed by atoms with Crippen molar-refractivity contribution in [2.45, 2.75) is 6.54 Å². The first-order chi connectivity index (χ1) is 14.2. The maximum absolute atomic E-state index is 9.33. The second kappa shape index (κ2) is 9.45. The molecule has 0 aliphatic carbocycles. The average Bonchev–Trinajstić information content (AvgIpc) is 2.77. The molecular formula is C23H18Cl2N4O. The molecule has 3 aromatic carbocycles. The van der Waals surface area contributed by atoms with Gasteiger partial charge < -0.3 is 10.1 Å². The number of ether oxygens (including phenoxy) is 1. The number of rotatable bonds is 5. The highest BCUT2D eigenvalue weighted by Gasteiger charge is 2.12. The number of nitrogens with zero attached hydrogens (tertiary/aromatic N) is 3. The maximum Gasteiger partial charge on any atom is 0.156 e. The Kier molecular flexibility index (Phi) is 6.73. The molecule has 0 amide bonds. The minimum absolute atomic E-state index is 0. The van der Waals surface area contributed by atoms with E-state index in [1.165, 1.54) is 0 Å². The highest BCUT2D eigenvalue weighted by atomic mass is 35.5. The van der Waals surface area contributed by atoms with Crippen molar-refractivity contribution in [3.63, 3.8) is 0 Å². The largest absolute Gasteiger partial charge is 0.495 e. The first kappa shape index (κ1) is 21.4. The molecule has 0 fully saturated rings. The number of hydrogen-bond acceptors (Lipinski definition) is 5. The molecule has 5 nitrogen and oxygen atoms in total. The highest BCUT2D eigenvalue weighted by molar-refractivity contribution is 6.32. The van der Waals surface area contributed by atoms with Gasteiger partial charge in [0.05, 0.1) is 23.8 Å². The first-order valence-electron chi connectivity index (χ1n) is 9.02. The Morgan fingerprint density at radius 3 is 2.50 bits per heavy atom. The van der Waals surface area contributed by atoms with Crippen LogP contribution in [-0.4, -0.2) is 17.3 Å². The fraction of sp³-hybridized carbons (Fsp3) is 0.0870. The summed E-state index contributed by atoms with van der Waals surface area (Å²) in [4.78, 5) is 0. The third-order valence-electron chi connectivity index (χ3n) is 4.63. The topological polar surface area (TPSA) is 70.8 Å². The quantitative estimate of drug-likeness (QED) is 0.423. The van der Waals surface area contributed by atoms with Crippen LogP contribution in [0.2, 0.25) is 5.02 Å². The van der Waals surface area contributed by atoms with E-state index in [4.69, 9.17) is 16.3 Å². The predicted octanol–water partition coefficient (Wildman–Crippen LogP) is 5.86. The van der Waals surface area contributed by atoms with Gasteiger partial charge in [-0.1, -0.05) is 54.1 Å². The van der Waals surface area contributed by atoms with E-state index in [-0.39, 0.29) is 12.4 Å². The van der Waals surface area contributed by atoms with Gasteiger partial charge in [-0.05, 0) is 29.8 Å². The molecule has 4 aromatic rings. The Balaban J connectivity index is 0.00000256. The van der Waals surface area contributed by atoms with Gasteiger partial charge in [0.25, 0.3) is 0 Å². The minimum Gasteiger partial charge on any atom is -0.495 e. The van der Waals surface area contributed by atoms with E-state index in [1.807, 2.05) is 60.7 Å². The molecule has 0 saturated carbocycles.